The Hall–Kier alpha value is -1.24. The van der Waals surface area contributed by atoms with Crippen LogP contribution in [0, 0.1) is 0 Å². The Morgan fingerprint density at radius 1 is 1.24 bits per heavy atom. The molecule has 21 heavy (non-hydrogen) atoms. The van der Waals surface area contributed by atoms with Crippen LogP contribution < -0.4 is 5.32 Å². The van der Waals surface area contributed by atoms with Crippen molar-refractivity contribution in [3.8, 4) is 0 Å². The van der Waals surface area contributed by atoms with E-state index in [1.54, 1.807) is 6.20 Å². The van der Waals surface area contributed by atoms with Gasteiger partial charge in [-0.25, -0.2) is 0 Å². The van der Waals surface area contributed by atoms with Crippen LogP contribution in [-0.4, -0.2) is 10.9 Å². The molecule has 6 heteroatoms. The number of pyridine rings is 1. The van der Waals surface area contributed by atoms with Crippen molar-refractivity contribution in [2.24, 2.45) is 0 Å². The molecule has 0 aliphatic rings. The number of amides is 1. The fraction of sp³-hybridized carbons (Fsp3) is 0.0667. The molecule has 3 rings (SSSR count). The summed E-state index contributed by atoms with van der Waals surface area (Å²) >= 11 is 8.18. The number of para-hydroxylation sites is 1. The number of carbonyl (C=O) groups is 1. The molecule has 0 aliphatic heterocycles. The summed E-state index contributed by atoms with van der Waals surface area (Å²) in [7, 11) is 0. The van der Waals surface area contributed by atoms with Crippen molar-refractivity contribution in [1.82, 2.24) is 10.3 Å². The lowest BCUT2D eigenvalue weighted by Crippen LogP contribution is -2.22. The van der Waals surface area contributed by atoms with Crippen molar-refractivity contribution >= 4 is 60.0 Å². The first kappa shape index (κ1) is 14.7. The lowest BCUT2D eigenvalue weighted by Gasteiger charge is -2.06. The molecule has 0 bridgehead atoms. The number of rotatable bonds is 3. The van der Waals surface area contributed by atoms with Gasteiger partial charge in [-0.1, -0.05) is 24.3 Å². The Morgan fingerprint density at radius 3 is 2.81 bits per heavy atom. The highest BCUT2D eigenvalue weighted by atomic mass is 79.9. The van der Waals surface area contributed by atoms with Gasteiger partial charge >= 0.3 is 0 Å². The highest BCUT2D eigenvalue weighted by Crippen LogP contribution is 2.32. The number of nitrogens with zero attached hydrogens (tertiary/aromatic N) is 1. The number of hydrogen-bond acceptors (Lipinski definition) is 3. The van der Waals surface area contributed by atoms with Crippen molar-refractivity contribution in [2.45, 2.75) is 6.54 Å². The Balaban J connectivity index is 1.79. The van der Waals surface area contributed by atoms with E-state index in [0.29, 0.717) is 11.4 Å². The fourth-order valence-corrected chi connectivity index (χ4v) is 3.98. The lowest BCUT2D eigenvalue weighted by molar-refractivity contribution is 0.0955. The zero-order valence-corrected chi connectivity index (χ0v) is 14.8. The van der Waals surface area contributed by atoms with Gasteiger partial charge in [0.1, 0.15) is 0 Å². The van der Waals surface area contributed by atoms with Gasteiger partial charge in [0.25, 0.3) is 5.91 Å². The van der Waals surface area contributed by atoms with Crippen LogP contribution in [0.1, 0.15) is 15.2 Å². The smallest absolute Gasteiger partial charge is 0.261 e. The minimum Gasteiger partial charge on any atom is -0.347 e. The topological polar surface area (TPSA) is 42.0 Å². The van der Waals surface area contributed by atoms with Crippen molar-refractivity contribution in [3.05, 3.63) is 61.3 Å². The minimum absolute atomic E-state index is 0.0839. The summed E-state index contributed by atoms with van der Waals surface area (Å²) in [6.45, 7) is 0.459. The summed E-state index contributed by atoms with van der Waals surface area (Å²) in [5.41, 5.74) is 1.94. The predicted octanol–water partition coefficient (Wildman–Crippen LogP) is 4.75. The summed E-state index contributed by atoms with van der Waals surface area (Å²) in [6, 6.07) is 11.7. The maximum Gasteiger partial charge on any atom is 0.261 e. The third-order valence-electron chi connectivity index (χ3n) is 3.02. The quantitative estimate of drug-likeness (QED) is 0.657. The number of halogens is 2. The van der Waals surface area contributed by atoms with Gasteiger partial charge in [-0.15, -0.1) is 11.3 Å². The van der Waals surface area contributed by atoms with Gasteiger partial charge < -0.3 is 5.32 Å². The Bertz CT molecular complexity index is 792. The molecule has 1 N–H and O–H groups in total. The molecule has 0 unspecified atom stereocenters. The standard InChI is InChI=1S/C15H10Br2N2OS/c16-11-7-12(21-14(11)17)15(20)19-8-10-4-1-3-9-5-2-6-18-13(9)10/h1-7H,8H2,(H,19,20). The minimum atomic E-state index is -0.0839. The molecule has 2 aromatic heterocycles. The largest absolute Gasteiger partial charge is 0.347 e. The number of aromatic nitrogens is 1. The SMILES string of the molecule is O=C(NCc1cccc2cccnc12)c1cc(Br)c(Br)s1. The normalized spacial score (nSPS) is 10.8. The van der Waals surface area contributed by atoms with Gasteiger partial charge in [-0.05, 0) is 49.6 Å². The van der Waals surface area contributed by atoms with Crippen LogP contribution >= 0.6 is 43.2 Å². The van der Waals surface area contributed by atoms with Crippen LogP contribution in [0.2, 0.25) is 0 Å². The van der Waals surface area contributed by atoms with Gasteiger partial charge in [0.15, 0.2) is 0 Å². The molecule has 0 saturated carbocycles. The molecule has 2 heterocycles. The van der Waals surface area contributed by atoms with Crippen LogP contribution in [-0.2, 0) is 6.54 Å². The van der Waals surface area contributed by atoms with Gasteiger partial charge in [0.2, 0.25) is 0 Å². The fourth-order valence-electron chi connectivity index (χ4n) is 2.03. The van der Waals surface area contributed by atoms with Crippen molar-refractivity contribution < 1.29 is 4.79 Å². The monoisotopic (exact) mass is 424 g/mol. The van der Waals surface area contributed by atoms with E-state index in [9.17, 15) is 4.79 Å². The molecule has 0 spiro atoms. The molecule has 106 valence electrons. The molecule has 0 radical (unpaired) electrons. The zero-order chi connectivity index (χ0) is 14.8. The van der Waals surface area contributed by atoms with Gasteiger partial charge in [-0.2, -0.15) is 0 Å². The number of hydrogen-bond donors (Lipinski definition) is 1. The van der Waals surface area contributed by atoms with E-state index in [4.69, 9.17) is 0 Å². The summed E-state index contributed by atoms with van der Waals surface area (Å²) in [5.74, 6) is -0.0839. The average Bonchev–Trinajstić information content (AvgIpc) is 2.84. The molecule has 3 nitrogen and oxygen atoms in total. The van der Waals surface area contributed by atoms with E-state index >= 15 is 0 Å². The second kappa shape index (κ2) is 6.25. The molecule has 0 fully saturated rings. The van der Waals surface area contributed by atoms with E-state index in [2.05, 4.69) is 42.2 Å². The summed E-state index contributed by atoms with van der Waals surface area (Å²) < 4.78 is 1.81. The van der Waals surface area contributed by atoms with E-state index in [-0.39, 0.29) is 5.91 Å². The van der Waals surface area contributed by atoms with Gasteiger partial charge in [0.05, 0.1) is 14.2 Å². The summed E-state index contributed by atoms with van der Waals surface area (Å²) in [6.07, 6.45) is 1.77. The maximum atomic E-state index is 12.2. The first-order valence-corrected chi connectivity index (χ1v) is 8.61. The van der Waals surface area contributed by atoms with Gasteiger partial charge in [-0.3, -0.25) is 9.78 Å². The molecule has 0 atom stereocenters. The van der Waals surface area contributed by atoms with Crippen molar-refractivity contribution in [1.29, 1.82) is 0 Å². The van der Waals surface area contributed by atoms with Crippen LogP contribution in [0.5, 0.6) is 0 Å². The number of fused-ring (bicyclic) bond motifs is 1. The number of nitrogens with one attached hydrogen (secondary N) is 1. The average molecular weight is 426 g/mol. The third kappa shape index (κ3) is 3.17. The van der Waals surface area contributed by atoms with Crippen LogP contribution in [0.25, 0.3) is 10.9 Å². The maximum absolute atomic E-state index is 12.2. The second-order valence-corrected chi connectivity index (χ2v) is 7.63. The van der Waals surface area contributed by atoms with Crippen LogP contribution in [0.15, 0.2) is 50.9 Å². The first-order chi connectivity index (χ1) is 10.1. The van der Waals surface area contributed by atoms with Crippen LogP contribution in [0.3, 0.4) is 0 Å². The Morgan fingerprint density at radius 2 is 2.05 bits per heavy atom. The van der Waals surface area contributed by atoms with Gasteiger partial charge in [0, 0.05) is 22.6 Å². The molecular weight excluding hydrogens is 416 g/mol. The van der Waals surface area contributed by atoms with E-state index in [1.165, 1.54) is 11.3 Å². The molecule has 1 aromatic carbocycles. The highest BCUT2D eigenvalue weighted by molar-refractivity contribution is 9.13. The predicted molar refractivity (Wildman–Crippen MR) is 92.6 cm³/mol. The third-order valence-corrected chi connectivity index (χ3v) is 6.28. The summed E-state index contributed by atoms with van der Waals surface area (Å²) in [5, 5.41) is 4.01. The van der Waals surface area contributed by atoms with E-state index in [0.717, 1.165) is 24.7 Å². The number of thiophene rings is 1. The molecule has 3 aromatic rings. The number of benzene rings is 1. The summed E-state index contributed by atoms with van der Waals surface area (Å²) in [4.78, 5) is 17.2. The molecule has 0 saturated heterocycles. The van der Waals surface area contributed by atoms with Crippen molar-refractivity contribution in [2.75, 3.05) is 0 Å². The Labute approximate surface area is 142 Å². The van der Waals surface area contributed by atoms with E-state index in [1.807, 2.05) is 36.4 Å². The van der Waals surface area contributed by atoms with Crippen LogP contribution in [0.4, 0.5) is 0 Å². The lowest BCUT2D eigenvalue weighted by atomic mass is 10.1. The molecule has 0 aliphatic carbocycles. The molecule has 1 amide bonds. The zero-order valence-electron chi connectivity index (χ0n) is 10.8. The first-order valence-electron chi connectivity index (χ1n) is 6.21. The molecular formula is C15H10Br2N2OS. The van der Waals surface area contributed by atoms with Crippen molar-refractivity contribution in [3.63, 3.8) is 0 Å². The Kier molecular flexibility index (Phi) is 4.37. The highest BCUT2D eigenvalue weighted by Gasteiger charge is 2.12. The van der Waals surface area contributed by atoms with E-state index < -0.39 is 0 Å². The number of carbonyl (C=O) groups excluding carboxylic acids is 1. The second-order valence-electron chi connectivity index (χ2n) is 4.41.